The van der Waals surface area contributed by atoms with Gasteiger partial charge < -0.3 is 11.1 Å². The van der Waals surface area contributed by atoms with Crippen LogP contribution in [-0.4, -0.2) is 18.5 Å². The number of carbonyl (C=O) groups is 1. The molecule has 0 aromatic carbocycles. The van der Waals surface area contributed by atoms with Crippen molar-refractivity contribution in [3.05, 3.63) is 0 Å². The maximum Gasteiger partial charge on any atom is 0.227 e. The molecule has 0 bridgehead atoms. The van der Waals surface area contributed by atoms with Crippen LogP contribution in [0.15, 0.2) is 0 Å². The van der Waals surface area contributed by atoms with Gasteiger partial charge in [0, 0.05) is 12.6 Å². The molecule has 0 saturated heterocycles. The highest BCUT2D eigenvalue weighted by atomic mass is 16.2. The number of hydrogen-bond acceptors (Lipinski definition) is 2. The molecule has 1 amide bonds. The van der Waals surface area contributed by atoms with Crippen molar-refractivity contribution >= 4 is 5.91 Å². The first-order chi connectivity index (χ1) is 9.93. The minimum absolute atomic E-state index is 0.237. The van der Waals surface area contributed by atoms with Crippen LogP contribution < -0.4 is 11.1 Å². The zero-order valence-electron chi connectivity index (χ0n) is 14.2. The Labute approximate surface area is 130 Å². The fourth-order valence-electron chi connectivity index (χ4n) is 4.22. The second-order valence-corrected chi connectivity index (χ2v) is 8.06. The van der Waals surface area contributed by atoms with E-state index in [1.54, 1.807) is 0 Å². The first-order valence-electron chi connectivity index (χ1n) is 8.94. The van der Waals surface area contributed by atoms with Crippen LogP contribution in [0.5, 0.6) is 0 Å². The molecule has 0 aromatic heterocycles. The summed E-state index contributed by atoms with van der Waals surface area (Å²) in [7, 11) is 0. The molecule has 3 N–H and O–H groups in total. The number of nitrogens with one attached hydrogen (secondary N) is 1. The van der Waals surface area contributed by atoms with E-state index in [4.69, 9.17) is 5.73 Å². The van der Waals surface area contributed by atoms with Gasteiger partial charge in [0.25, 0.3) is 0 Å². The maximum absolute atomic E-state index is 12.6. The van der Waals surface area contributed by atoms with Crippen LogP contribution in [0.2, 0.25) is 0 Å². The van der Waals surface area contributed by atoms with Gasteiger partial charge in [0.15, 0.2) is 0 Å². The third kappa shape index (κ3) is 3.61. The molecule has 2 fully saturated rings. The van der Waals surface area contributed by atoms with E-state index in [1.807, 2.05) is 0 Å². The second kappa shape index (κ2) is 6.68. The van der Waals surface area contributed by atoms with Gasteiger partial charge in [0.05, 0.1) is 5.41 Å². The largest absolute Gasteiger partial charge is 0.353 e. The maximum atomic E-state index is 12.6. The topological polar surface area (TPSA) is 55.1 Å². The first-order valence-corrected chi connectivity index (χ1v) is 8.94. The minimum atomic E-state index is -0.250. The highest BCUT2D eigenvalue weighted by Gasteiger charge is 2.41. The van der Waals surface area contributed by atoms with Crippen LogP contribution in [-0.2, 0) is 4.79 Å². The van der Waals surface area contributed by atoms with Crippen molar-refractivity contribution in [1.82, 2.24) is 5.32 Å². The molecule has 3 heteroatoms. The summed E-state index contributed by atoms with van der Waals surface area (Å²) >= 11 is 0. The van der Waals surface area contributed by atoms with Crippen LogP contribution in [0.3, 0.4) is 0 Å². The molecule has 21 heavy (non-hydrogen) atoms. The molecule has 122 valence electrons. The van der Waals surface area contributed by atoms with Gasteiger partial charge in [-0.3, -0.25) is 4.79 Å². The van der Waals surface area contributed by atoms with Gasteiger partial charge in [-0.25, -0.2) is 0 Å². The van der Waals surface area contributed by atoms with Gasteiger partial charge in [-0.1, -0.05) is 40.0 Å². The summed E-state index contributed by atoms with van der Waals surface area (Å²) in [6.45, 7) is 7.58. The van der Waals surface area contributed by atoms with Gasteiger partial charge in [-0.2, -0.15) is 0 Å². The van der Waals surface area contributed by atoms with E-state index in [9.17, 15) is 4.79 Å². The van der Waals surface area contributed by atoms with E-state index < -0.39 is 0 Å². The van der Waals surface area contributed by atoms with Gasteiger partial charge in [0.2, 0.25) is 5.91 Å². The van der Waals surface area contributed by atoms with Crippen molar-refractivity contribution in [2.24, 2.45) is 22.5 Å². The van der Waals surface area contributed by atoms with Crippen molar-refractivity contribution < 1.29 is 4.79 Å². The Morgan fingerprint density at radius 3 is 2.24 bits per heavy atom. The molecule has 2 rings (SSSR count). The zero-order chi connectivity index (χ0) is 15.5. The van der Waals surface area contributed by atoms with Gasteiger partial charge in [-0.05, 0) is 49.9 Å². The van der Waals surface area contributed by atoms with Gasteiger partial charge in [-0.15, -0.1) is 0 Å². The molecule has 0 spiro atoms. The summed E-state index contributed by atoms with van der Waals surface area (Å²) in [5, 5.41) is 3.32. The summed E-state index contributed by atoms with van der Waals surface area (Å²) in [5.41, 5.74) is 6.10. The number of carbonyl (C=O) groups excluding carboxylic acids is 1. The van der Waals surface area contributed by atoms with Crippen LogP contribution in [0.1, 0.15) is 78.6 Å². The second-order valence-electron chi connectivity index (χ2n) is 8.06. The summed E-state index contributed by atoms with van der Waals surface area (Å²) in [4.78, 5) is 12.6. The summed E-state index contributed by atoms with van der Waals surface area (Å²) in [6.07, 6.45) is 10.3. The average Bonchev–Trinajstić information content (AvgIpc) is 2.98. The molecule has 0 heterocycles. The highest BCUT2D eigenvalue weighted by molar-refractivity contribution is 5.83. The predicted molar refractivity (Wildman–Crippen MR) is 87.9 cm³/mol. The molecule has 0 aliphatic heterocycles. The van der Waals surface area contributed by atoms with E-state index in [1.165, 1.54) is 19.3 Å². The number of rotatable bonds is 5. The summed E-state index contributed by atoms with van der Waals surface area (Å²) < 4.78 is 0. The fourth-order valence-corrected chi connectivity index (χ4v) is 4.22. The van der Waals surface area contributed by atoms with Crippen molar-refractivity contribution in [1.29, 1.82) is 0 Å². The molecule has 3 nitrogen and oxygen atoms in total. The molecule has 0 radical (unpaired) electrons. The lowest BCUT2D eigenvalue weighted by atomic mass is 9.69. The Balaban J connectivity index is 1.85. The fraction of sp³-hybridized carbons (Fsp3) is 0.944. The molecule has 2 aliphatic rings. The molecular formula is C18H34N2O. The van der Waals surface area contributed by atoms with Crippen LogP contribution in [0, 0.1) is 16.7 Å². The smallest absolute Gasteiger partial charge is 0.227 e. The van der Waals surface area contributed by atoms with E-state index in [0.29, 0.717) is 18.0 Å². The predicted octanol–water partition coefficient (Wildman–Crippen LogP) is 3.62. The zero-order valence-corrected chi connectivity index (χ0v) is 14.2. The van der Waals surface area contributed by atoms with E-state index in [-0.39, 0.29) is 11.3 Å². The van der Waals surface area contributed by atoms with E-state index >= 15 is 0 Å². The Hall–Kier alpha value is -0.570. The quantitative estimate of drug-likeness (QED) is 0.813. The van der Waals surface area contributed by atoms with E-state index in [2.05, 4.69) is 26.1 Å². The summed E-state index contributed by atoms with van der Waals surface area (Å²) in [5.74, 6) is 1.05. The molecule has 0 aromatic rings. The Morgan fingerprint density at radius 1 is 1.19 bits per heavy atom. The first kappa shape index (κ1) is 16.8. The molecule has 0 unspecified atom stereocenters. The standard InChI is InChI=1S/C18H34N2O/c1-4-17(2,3)14-7-9-15(10-8-14)20-16(21)18(13-19)11-5-6-12-18/h14-15H,4-13,19H2,1-3H3,(H,20,21). The third-order valence-electron chi connectivity index (χ3n) is 6.51. The van der Waals surface area contributed by atoms with Crippen LogP contribution >= 0.6 is 0 Å². The van der Waals surface area contributed by atoms with Gasteiger partial charge >= 0.3 is 0 Å². The average molecular weight is 294 g/mol. The van der Waals surface area contributed by atoms with Crippen LogP contribution in [0.25, 0.3) is 0 Å². The number of nitrogens with two attached hydrogens (primary N) is 1. The van der Waals surface area contributed by atoms with Crippen molar-refractivity contribution in [2.45, 2.75) is 84.6 Å². The Bertz CT molecular complexity index is 350. The molecular weight excluding hydrogens is 260 g/mol. The van der Waals surface area contributed by atoms with E-state index in [0.717, 1.165) is 44.4 Å². The minimum Gasteiger partial charge on any atom is -0.353 e. The lowest BCUT2D eigenvalue weighted by Gasteiger charge is -2.40. The number of hydrogen-bond donors (Lipinski definition) is 2. The van der Waals surface area contributed by atoms with Crippen LogP contribution in [0.4, 0.5) is 0 Å². The third-order valence-corrected chi connectivity index (χ3v) is 6.51. The Morgan fingerprint density at radius 2 is 1.76 bits per heavy atom. The SMILES string of the molecule is CCC(C)(C)C1CCC(NC(=O)C2(CN)CCCC2)CC1. The lowest BCUT2D eigenvalue weighted by Crippen LogP contribution is -2.49. The molecule has 0 atom stereocenters. The van der Waals surface area contributed by atoms with Gasteiger partial charge in [0.1, 0.15) is 0 Å². The van der Waals surface area contributed by atoms with Crippen molar-refractivity contribution in [3.63, 3.8) is 0 Å². The Kier molecular flexibility index (Phi) is 5.34. The molecule has 2 saturated carbocycles. The molecule has 2 aliphatic carbocycles. The normalized spacial score (nSPS) is 29.3. The van der Waals surface area contributed by atoms with Crippen molar-refractivity contribution in [3.8, 4) is 0 Å². The van der Waals surface area contributed by atoms with Crippen molar-refractivity contribution in [2.75, 3.05) is 6.54 Å². The summed E-state index contributed by atoms with van der Waals surface area (Å²) in [6, 6.07) is 0.380. The monoisotopic (exact) mass is 294 g/mol. The lowest BCUT2D eigenvalue weighted by molar-refractivity contribution is -0.131. The number of amides is 1. The highest BCUT2D eigenvalue weighted by Crippen LogP contribution is 2.41.